The van der Waals surface area contributed by atoms with Crippen LogP contribution in [-0.2, 0) is 62.8 Å². The lowest BCUT2D eigenvalue weighted by molar-refractivity contribution is -0.525. The number of nitrogens with one attached hydrogen (secondary N) is 4. The predicted molar refractivity (Wildman–Crippen MR) is 243 cm³/mol. The van der Waals surface area contributed by atoms with E-state index in [-0.39, 0.29) is 65.1 Å². The molecule has 0 aromatic heterocycles. The maximum Gasteiger partial charge on any atom is 0.410 e. The number of aliphatic imine (C=N–C) groups is 1. The summed E-state index contributed by atoms with van der Waals surface area (Å²) >= 11 is 0. The number of likely N-dealkylation sites (tertiary alicyclic amines) is 2. The summed E-state index contributed by atoms with van der Waals surface area (Å²) in [6.45, 7) is -0.230. The van der Waals surface area contributed by atoms with Gasteiger partial charge in [0.05, 0.1) is 19.6 Å². The number of guanidine groups is 1. The van der Waals surface area contributed by atoms with Gasteiger partial charge in [-0.25, -0.2) is 24.7 Å². The SMILES string of the molecule is NC(=O)C[C@H](NC(=O)[C@@H]1CCCN1C(=O)OCc1ccccc1)C(=O)N[C@@H](COCc1ccccc1)C(=O)N1CCCC[C@H]1C(=O)N[C@@H](CCCN=C(N)N[N+](=O)[O-])C(=O)OCc1ccccc1. The molecule has 8 N–H and O–H groups in total. The highest BCUT2D eigenvalue weighted by atomic mass is 16.7. The quantitative estimate of drug-likeness (QED) is 0.0195. The number of hydrazine groups is 1. The Morgan fingerprint density at radius 2 is 1.24 bits per heavy atom. The molecule has 5 atom stereocenters. The molecule has 0 unspecified atom stereocenters. The van der Waals surface area contributed by atoms with Gasteiger partial charge < -0.3 is 46.5 Å². The molecule has 2 saturated heterocycles. The number of nitrogens with zero attached hydrogens (tertiary/aromatic N) is 4. The lowest BCUT2D eigenvalue weighted by atomic mass is 9.99. The molecule has 0 bridgehead atoms. The fourth-order valence-electron chi connectivity index (χ4n) is 7.69. The van der Waals surface area contributed by atoms with Crippen LogP contribution < -0.4 is 32.8 Å². The van der Waals surface area contributed by atoms with Crippen LogP contribution in [0, 0.1) is 10.1 Å². The highest BCUT2D eigenvalue weighted by molar-refractivity contribution is 5.97. The van der Waals surface area contributed by atoms with Gasteiger partial charge >= 0.3 is 12.1 Å². The minimum atomic E-state index is -1.58. The van der Waals surface area contributed by atoms with E-state index in [9.17, 15) is 43.7 Å². The highest BCUT2D eigenvalue weighted by Gasteiger charge is 2.40. The molecular formula is C46H58N10O12. The highest BCUT2D eigenvalue weighted by Crippen LogP contribution is 2.22. The van der Waals surface area contributed by atoms with Crippen LogP contribution >= 0.6 is 0 Å². The number of hydrogen-bond acceptors (Lipinski definition) is 13. The van der Waals surface area contributed by atoms with Gasteiger partial charge in [-0.3, -0.25) is 28.9 Å². The third-order valence-corrected chi connectivity index (χ3v) is 11.1. The van der Waals surface area contributed by atoms with E-state index in [4.69, 9.17) is 25.7 Å². The van der Waals surface area contributed by atoms with Gasteiger partial charge in [0.2, 0.25) is 29.5 Å². The van der Waals surface area contributed by atoms with E-state index in [1.54, 1.807) is 84.3 Å². The fraction of sp³-hybridized carbons (Fsp3) is 0.435. The monoisotopic (exact) mass is 942 g/mol. The summed E-state index contributed by atoms with van der Waals surface area (Å²) in [6.07, 6.45) is 0.674. The van der Waals surface area contributed by atoms with Crippen LogP contribution in [0.3, 0.4) is 0 Å². The number of benzene rings is 3. The average Bonchev–Trinajstić information content (AvgIpc) is 3.84. The van der Waals surface area contributed by atoms with Gasteiger partial charge in [0, 0.05) is 19.6 Å². The Hall–Kier alpha value is -7.62. The first kappa shape index (κ1) is 51.4. The largest absolute Gasteiger partial charge is 0.459 e. The number of esters is 1. The maximum atomic E-state index is 14.6. The van der Waals surface area contributed by atoms with E-state index in [0.29, 0.717) is 24.8 Å². The second-order valence-corrected chi connectivity index (χ2v) is 16.2. The van der Waals surface area contributed by atoms with Crippen molar-refractivity contribution in [1.29, 1.82) is 0 Å². The van der Waals surface area contributed by atoms with Gasteiger partial charge in [0.1, 0.15) is 43.4 Å². The van der Waals surface area contributed by atoms with Crippen molar-refractivity contribution in [1.82, 2.24) is 31.2 Å². The molecule has 2 heterocycles. The van der Waals surface area contributed by atoms with Crippen molar-refractivity contribution in [3.05, 3.63) is 118 Å². The molecule has 22 nitrogen and oxygen atoms in total. The lowest BCUT2D eigenvalue weighted by Crippen LogP contribution is -2.61. The summed E-state index contributed by atoms with van der Waals surface area (Å²) in [5, 5.41) is 17.8. The number of piperidine rings is 1. The van der Waals surface area contributed by atoms with Gasteiger partial charge in [-0.05, 0) is 61.6 Å². The second kappa shape index (κ2) is 26.5. The zero-order chi connectivity index (χ0) is 48.8. The minimum Gasteiger partial charge on any atom is -0.459 e. The van der Waals surface area contributed by atoms with E-state index in [1.165, 1.54) is 9.80 Å². The Morgan fingerprint density at radius 1 is 0.691 bits per heavy atom. The number of amides is 6. The molecule has 0 spiro atoms. The maximum absolute atomic E-state index is 14.6. The first-order valence-corrected chi connectivity index (χ1v) is 22.3. The minimum absolute atomic E-state index is 0.0122. The molecule has 3 aromatic rings. The molecule has 0 radical (unpaired) electrons. The van der Waals surface area contributed by atoms with E-state index in [2.05, 4.69) is 20.9 Å². The van der Waals surface area contributed by atoms with Crippen LogP contribution in [0.5, 0.6) is 0 Å². The van der Waals surface area contributed by atoms with Gasteiger partial charge in [0.25, 0.3) is 5.96 Å². The van der Waals surface area contributed by atoms with Crippen LogP contribution in [0.25, 0.3) is 0 Å². The van der Waals surface area contributed by atoms with Crippen molar-refractivity contribution in [3.8, 4) is 0 Å². The molecule has 0 aliphatic carbocycles. The fourth-order valence-corrected chi connectivity index (χ4v) is 7.69. The van der Waals surface area contributed by atoms with Crippen molar-refractivity contribution in [2.24, 2.45) is 16.5 Å². The first-order chi connectivity index (χ1) is 32.8. The normalized spacial score (nSPS) is 17.1. The van der Waals surface area contributed by atoms with Crippen LogP contribution in [0.2, 0.25) is 0 Å². The molecule has 5 rings (SSSR count). The summed E-state index contributed by atoms with van der Waals surface area (Å²) < 4.78 is 16.9. The Bertz CT molecular complexity index is 2220. The van der Waals surface area contributed by atoms with Crippen molar-refractivity contribution in [2.75, 3.05) is 26.2 Å². The van der Waals surface area contributed by atoms with Crippen molar-refractivity contribution in [2.45, 2.75) is 101 Å². The van der Waals surface area contributed by atoms with Crippen LogP contribution in [0.4, 0.5) is 4.79 Å². The Kier molecular flexibility index (Phi) is 20.0. The number of carbonyl (C=O) groups excluding carboxylic acids is 7. The van der Waals surface area contributed by atoms with Crippen LogP contribution in [0.15, 0.2) is 96.0 Å². The zero-order valence-corrected chi connectivity index (χ0v) is 37.5. The number of nitrogens with two attached hydrogens (primary N) is 2. The Labute approximate surface area is 392 Å². The molecule has 0 saturated carbocycles. The summed E-state index contributed by atoms with van der Waals surface area (Å²) in [7, 11) is 0. The number of nitro groups is 1. The summed E-state index contributed by atoms with van der Waals surface area (Å²) in [6, 6.07) is 20.4. The van der Waals surface area contributed by atoms with E-state index < -0.39 is 95.8 Å². The predicted octanol–water partition coefficient (Wildman–Crippen LogP) is 1.33. The molecule has 6 amide bonds. The van der Waals surface area contributed by atoms with E-state index in [1.807, 2.05) is 12.1 Å². The van der Waals surface area contributed by atoms with Gasteiger partial charge in [-0.15, -0.1) is 0 Å². The molecule has 68 heavy (non-hydrogen) atoms. The number of rotatable bonds is 23. The van der Waals surface area contributed by atoms with Gasteiger partial charge in [0.15, 0.2) is 5.03 Å². The van der Waals surface area contributed by atoms with Crippen molar-refractivity contribution >= 4 is 47.6 Å². The van der Waals surface area contributed by atoms with Crippen LogP contribution in [-0.4, -0.2) is 119 Å². The standard InChI is InChI=1S/C46H58N10O12/c47-39(57)26-35(51-42(60)38-22-13-25-55(38)46(63)68-29-33-18-8-3-9-19-33)40(58)52-36(30-66-27-31-14-4-1-5-15-31)43(61)54-24-11-10-21-37(54)41(59)50-34(20-12-23-49-45(48)53-56(64)65)44(62)67-28-32-16-6-2-7-17-32/h1-9,14-19,34-38H,10-13,20-30H2,(H2,47,57)(H,50,59)(H,51,60)(H,52,58)(H3,48,49,53)/t34-,35-,36-,37-,38-/m0/s1. The van der Waals surface area contributed by atoms with E-state index in [0.717, 1.165) is 11.1 Å². The number of carbonyl (C=O) groups is 7. The Morgan fingerprint density at radius 3 is 1.84 bits per heavy atom. The average molecular weight is 943 g/mol. The number of ether oxygens (including phenoxy) is 3. The first-order valence-electron chi connectivity index (χ1n) is 22.3. The van der Waals surface area contributed by atoms with Gasteiger partial charge in [-0.2, -0.15) is 0 Å². The lowest BCUT2D eigenvalue weighted by Gasteiger charge is -2.37. The Balaban J connectivity index is 1.31. The van der Waals surface area contributed by atoms with Gasteiger partial charge in [-0.1, -0.05) is 96.4 Å². The number of primary amides is 1. The summed E-state index contributed by atoms with van der Waals surface area (Å²) in [5.41, 5.74) is 15.0. The second-order valence-electron chi connectivity index (χ2n) is 16.2. The topological polar surface area (TPSA) is 309 Å². The summed E-state index contributed by atoms with van der Waals surface area (Å²) in [4.78, 5) is 113. The molecule has 2 aliphatic rings. The number of hydrogen-bond donors (Lipinski definition) is 6. The molecule has 2 aliphatic heterocycles. The zero-order valence-electron chi connectivity index (χ0n) is 37.5. The third-order valence-electron chi connectivity index (χ3n) is 11.1. The van der Waals surface area contributed by atoms with Crippen LogP contribution in [0.1, 0.15) is 68.1 Å². The summed E-state index contributed by atoms with van der Waals surface area (Å²) in [5.74, 6) is -5.26. The van der Waals surface area contributed by atoms with E-state index >= 15 is 0 Å². The third kappa shape index (κ3) is 16.4. The molecule has 364 valence electrons. The smallest absolute Gasteiger partial charge is 0.410 e. The molecule has 22 heteroatoms. The van der Waals surface area contributed by atoms with Crippen molar-refractivity contribution in [3.63, 3.8) is 0 Å². The molecular weight excluding hydrogens is 885 g/mol. The van der Waals surface area contributed by atoms with Crippen molar-refractivity contribution < 1.29 is 52.8 Å². The molecule has 3 aromatic carbocycles. The molecule has 2 fully saturated rings.